The third kappa shape index (κ3) is 4.44. The fourth-order valence-electron chi connectivity index (χ4n) is 3.93. The average molecular weight is 405 g/mol. The van der Waals surface area contributed by atoms with E-state index in [1.54, 1.807) is 4.57 Å². The smallest absolute Gasteiger partial charge is 0.262 e. The molecule has 0 fully saturated rings. The van der Waals surface area contributed by atoms with Gasteiger partial charge in [-0.3, -0.25) is 9.36 Å². The summed E-state index contributed by atoms with van der Waals surface area (Å²) in [5.74, 6) is 0.476. The molecule has 2 aromatic carbocycles. The molecule has 0 spiro atoms. The molecule has 0 saturated carbocycles. The van der Waals surface area contributed by atoms with Crippen LogP contribution in [0.15, 0.2) is 58.4 Å². The van der Waals surface area contributed by atoms with Crippen LogP contribution in [0, 0.1) is 0 Å². The van der Waals surface area contributed by atoms with Crippen molar-refractivity contribution in [1.82, 2.24) is 9.55 Å². The first-order chi connectivity index (χ1) is 14.8. The lowest BCUT2D eigenvalue weighted by atomic mass is 10.0. The summed E-state index contributed by atoms with van der Waals surface area (Å²) in [6, 6.07) is 15.9. The molecule has 0 amide bonds. The van der Waals surface area contributed by atoms with E-state index in [0.29, 0.717) is 36.6 Å². The van der Waals surface area contributed by atoms with Gasteiger partial charge < -0.3 is 4.74 Å². The van der Waals surface area contributed by atoms with Crippen LogP contribution in [-0.4, -0.2) is 28.5 Å². The van der Waals surface area contributed by atoms with Crippen LogP contribution in [0.4, 0.5) is 5.95 Å². The largest absolute Gasteiger partial charge is 0.382 e. The predicted octanol–water partition coefficient (Wildman–Crippen LogP) is 4.37. The van der Waals surface area contributed by atoms with E-state index < -0.39 is 0 Å². The summed E-state index contributed by atoms with van der Waals surface area (Å²) in [5.41, 5.74) is 7.28. The molecule has 1 aliphatic rings. The molecule has 30 heavy (non-hydrogen) atoms. The summed E-state index contributed by atoms with van der Waals surface area (Å²) in [4.78, 5) is 17.8. The number of hydrogen-bond donors (Lipinski definition) is 1. The summed E-state index contributed by atoms with van der Waals surface area (Å²) < 4.78 is 7.12. The number of aryl methyl sites for hydroxylation is 1. The molecule has 6 nitrogen and oxygen atoms in total. The second-order valence-corrected chi connectivity index (χ2v) is 7.49. The van der Waals surface area contributed by atoms with Crippen LogP contribution in [0.25, 0.3) is 10.9 Å². The number of rotatable bonds is 7. The molecule has 3 aromatic rings. The molecule has 156 valence electrons. The molecule has 1 aliphatic carbocycles. The summed E-state index contributed by atoms with van der Waals surface area (Å²) in [5, 5.41) is 5.34. The number of nitrogens with one attached hydrogen (secondary N) is 1. The molecule has 0 atom stereocenters. The Morgan fingerprint density at radius 2 is 1.90 bits per heavy atom. The van der Waals surface area contributed by atoms with Crippen molar-refractivity contribution in [3.63, 3.8) is 0 Å². The van der Waals surface area contributed by atoms with Crippen LogP contribution in [0.5, 0.6) is 0 Å². The first-order valence-corrected chi connectivity index (χ1v) is 10.8. The maximum atomic E-state index is 13.1. The summed E-state index contributed by atoms with van der Waals surface area (Å²) in [7, 11) is 0. The highest BCUT2D eigenvalue weighted by Gasteiger charge is 2.15. The number of benzene rings is 2. The topological polar surface area (TPSA) is 68.5 Å². The van der Waals surface area contributed by atoms with Crippen molar-refractivity contribution in [2.75, 3.05) is 18.6 Å². The van der Waals surface area contributed by atoms with Crippen molar-refractivity contribution >= 4 is 22.6 Å². The first kappa shape index (κ1) is 20.3. The molecule has 0 bridgehead atoms. The van der Waals surface area contributed by atoms with Crippen LogP contribution in [0.1, 0.15) is 43.7 Å². The van der Waals surface area contributed by atoms with E-state index in [4.69, 9.17) is 14.8 Å². The lowest BCUT2D eigenvalue weighted by Gasteiger charge is -2.14. The first-order valence-electron chi connectivity index (χ1n) is 10.8. The number of aromatic nitrogens is 2. The Balaban J connectivity index is 1.69. The van der Waals surface area contributed by atoms with Crippen molar-refractivity contribution in [1.29, 1.82) is 0 Å². The predicted molar refractivity (Wildman–Crippen MR) is 121 cm³/mol. The number of fused-ring (bicyclic) bond motifs is 2. The molecule has 0 radical (unpaired) electrons. The van der Waals surface area contributed by atoms with Crippen LogP contribution >= 0.6 is 0 Å². The zero-order chi connectivity index (χ0) is 20.8. The Kier molecular flexibility index (Phi) is 6.54. The van der Waals surface area contributed by atoms with Crippen molar-refractivity contribution in [2.45, 2.75) is 45.6 Å². The molecule has 0 unspecified atom stereocenters. The van der Waals surface area contributed by atoms with Crippen molar-refractivity contribution in [3.05, 3.63) is 70.0 Å². The standard InChI is InChI=1S/C24H28N4O2/c1-2-30-17-9-16-28-23(29)20-13-6-8-14-21(20)25-24(28)27-26-22-15-7-4-11-18-10-3-5-12-19(18)22/h3,5-6,8,10,12-14H,2,4,7,9,11,15-17H2,1H3,(H,25,27)/b26-22-. The van der Waals surface area contributed by atoms with E-state index in [1.807, 2.05) is 31.2 Å². The van der Waals surface area contributed by atoms with Gasteiger partial charge in [0.1, 0.15) is 0 Å². The normalized spacial score (nSPS) is 15.2. The van der Waals surface area contributed by atoms with Crippen molar-refractivity contribution in [2.24, 2.45) is 5.10 Å². The summed E-state index contributed by atoms with van der Waals surface area (Å²) in [6.07, 6.45) is 4.98. The molecule has 1 heterocycles. The van der Waals surface area contributed by atoms with Crippen LogP contribution < -0.4 is 11.0 Å². The van der Waals surface area contributed by atoms with E-state index in [1.165, 1.54) is 11.1 Å². The minimum Gasteiger partial charge on any atom is -0.382 e. The van der Waals surface area contributed by atoms with Gasteiger partial charge in [-0.1, -0.05) is 36.4 Å². The van der Waals surface area contributed by atoms with Crippen LogP contribution in [0.2, 0.25) is 0 Å². The molecule has 1 N–H and O–H groups in total. The lowest BCUT2D eigenvalue weighted by Crippen LogP contribution is -2.25. The van der Waals surface area contributed by atoms with Gasteiger partial charge in [0.05, 0.1) is 16.6 Å². The maximum absolute atomic E-state index is 13.1. The Morgan fingerprint density at radius 3 is 2.80 bits per heavy atom. The zero-order valence-corrected chi connectivity index (χ0v) is 17.4. The van der Waals surface area contributed by atoms with Gasteiger partial charge >= 0.3 is 0 Å². The van der Waals surface area contributed by atoms with Crippen LogP contribution in [0.3, 0.4) is 0 Å². The highest BCUT2D eigenvalue weighted by molar-refractivity contribution is 6.02. The molecular formula is C24H28N4O2. The van der Waals surface area contributed by atoms with E-state index in [2.05, 4.69) is 29.7 Å². The van der Waals surface area contributed by atoms with Crippen molar-refractivity contribution in [3.8, 4) is 0 Å². The van der Waals surface area contributed by atoms with Gasteiger partial charge in [0, 0.05) is 25.3 Å². The Hall–Kier alpha value is -2.99. The Labute approximate surface area is 176 Å². The van der Waals surface area contributed by atoms with Gasteiger partial charge in [0.15, 0.2) is 0 Å². The van der Waals surface area contributed by atoms with E-state index in [-0.39, 0.29) is 5.56 Å². The minimum absolute atomic E-state index is 0.0546. The summed E-state index contributed by atoms with van der Waals surface area (Å²) in [6.45, 7) is 3.78. The minimum atomic E-state index is -0.0546. The molecule has 6 heteroatoms. The number of hydrogen-bond acceptors (Lipinski definition) is 5. The molecule has 4 rings (SSSR count). The number of hydrazone groups is 1. The third-order valence-electron chi connectivity index (χ3n) is 5.46. The second kappa shape index (κ2) is 9.67. The Morgan fingerprint density at radius 1 is 1.10 bits per heavy atom. The van der Waals surface area contributed by atoms with Gasteiger partial charge in [0.25, 0.3) is 5.56 Å². The maximum Gasteiger partial charge on any atom is 0.262 e. The lowest BCUT2D eigenvalue weighted by molar-refractivity contribution is 0.141. The van der Waals surface area contributed by atoms with Gasteiger partial charge in [0.2, 0.25) is 5.95 Å². The van der Waals surface area contributed by atoms with E-state index in [0.717, 1.165) is 37.8 Å². The number of nitrogens with zero attached hydrogens (tertiary/aromatic N) is 3. The van der Waals surface area contributed by atoms with Gasteiger partial charge in [-0.25, -0.2) is 10.4 Å². The number of anilines is 1. The monoisotopic (exact) mass is 404 g/mol. The fraction of sp³-hybridized carbons (Fsp3) is 0.375. The summed E-state index contributed by atoms with van der Waals surface area (Å²) >= 11 is 0. The van der Waals surface area contributed by atoms with Crippen molar-refractivity contribution < 1.29 is 4.74 Å². The average Bonchev–Trinajstić information content (AvgIpc) is 2.99. The van der Waals surface area contributed by atoms with E-state index >= 15 is 0 Å². The van der Waals surface area contributed by atoms with E-state index in [9.17, 15) is 4.79 Å². The zero-order valence-electron chi connectivity index (χ0n) is 17.4. The highest BCUT2D eigenvalue weighted by atomic mass is 16.5. The quantitative estimate of drug-likeness (QED) is 0.361. The Bertz CT molecular complexity index is 1100. The van der Waals surface area contributed by atoms with Gasteiger partial charge in [-0.05, 0) is 56.7 Å². The molecule has 1 aromatic heterocycles. The molecular weight excluding hydrogens is 376 g/mol. The number of para-hydroxylation sites is 1. The second-order valence-electron chi connectivity index (χ2n) is 7.49. The fourth-order valence-corrected chi connectivity index (χ4v) is 3.93. The molecule has 0 aliphatic heterocycles. The van der Waals surface area contributed by atoms with Crippen LogP contribution in [-0.2, 0) is 17.7 Å². The van der Waals surface area contributed by atoms with Gasteiger partial charge in [-0.2, -0.15) is 5.10 Å². The SMILES string of the molecule is CCOCCCn1c(N/N=C2/CCCCc3ccccc32)nc2ccccc2c1=O. The molecule has 0 saturated heterocycles. The third-order valence-corrected chi connectivity index (χ3v) is 5.46. The number of ether oxygens (including phenoxy) is 1. The van der Waals surface area contributed by atoms with Gasteiger partial charge in [-0.15, -0.1) is 0 Å². The highest BCUT2D eigenvalue weighted by Crippen LogP contribution is 2.21.